The maximum atomic E-state index is 12.4. The van der Waals surface area contributed by atoms with E-state index in [2.05, 4.69) is 15.9 Å². The highest BCUT2D eigenvalue weighted by atomic mass is 79.9. The number of alkyl halides is 4. The third kappa shape index (κ3) is 2.90. The molecule has 0 heterocycles. The van der Waals surface area contributed by atoms with Gasteiger partial charge >= 0.3 is 6.18 Å². The number of hydrogen-bond donors (Lipinski definition) is 0. The van der Waals surface area contributed by atoms with E-state index in [-0.39, 0.29) is 12.4 Å². The molecule has 0 bridgehead atoms. The fourth-order valence-electron chi connectivity index (χ4n) is 0.975. The van der Waals surface area contributed by atoms with Gasteiger partial charge in [-0.05, 0) is 12.1 Å². The van der Waals surface area contributed by atoms with Gasteiger partial charge in [0.1, 0.15) is 5.75 Å². The van der Waals surface area contributed by atoms with Crippen molar-refractivity contribution in [1.82, 2.24) is 0 Å². The van der Waals surface area contributed by atoms with Gasteiger partial charge in [-0.3, -0.25) is 0 Å². The quantitative estimate of drug-likeness (QED) is 0.763. The minimum absolute atomic E-state index is 0.126. The molecule has 1 aromatic rings. The number of rotatable bonds is 3. The summed E-state index contributed by atoms with van der Waals surface area (Å²) in [6, 6.07) is 5.16. The highest BCUT2D eigenvalue weighted by Gasteiger charge is 2.33. The fraction of sp³-hybridized carbons (Fsp3) is 0.333. The molecule has 0 N–H and O–H groups in total. The molecule has 0 aliphatic rings. The molecule has 1 nitrogen and oxygen atoms in total. The standard InChI is InChI=1S/C9H8BrF3O/c10-5-6-14-8-4-2-1-3-7(8)9(11,12)13/h1-4H,5-6H2. The van der Waals surface area contributed by atoms with Crippen molar-refractivity contribution in [3.8, 4) is 5.75 Å². The maximum Gasteiger partial charge on any atom is 0.419 e. The topological polar surface area (TPSA) is 9.23 Å². The molecule has 0 saturated heterocycles. The van der Waals surface area contributed by atoms with Crippen LogP contribution in [-0.2, 0) is 6.18 Å². The van der Waals surface area contributed by atoms with E-state index < -0.39 is 11.7 Å². The molecule has 0 unspecified atom stereocenters. The van der Waals surface area contributed by atoms with Crippen molar-refractivity contribution in [3.05, 3.63) is 29.8 Å². The van der Waals surface area contributed by atoms with Crippen molar-refractivity contribution in [2.24, 2.45) is 0 Å². The first-order chi connectivity index (χ1) is 6.55. The fourth-order valence-corrected chi connectivity index (χ4v) is 1.14. The zero-order valence-electron chi connectivity index (χ0n) is 7.14. The molecule has 0 radical (unpaired) electrons. The number of halogens is 4. The molecule has 0 atom stereocenters. The molecular weight excluding hydrogens is 261 g/mol. The molecule has 14 heavy (non-hydrogen) atoms. The predicted molar refractivity (Wildman–Crippen MR) is 50.7 cm³/mol. The van der Waals surface area contributed by atoms with Gasteiger partial charge in [0.2, 0.25) is 0 Å². The third-order valence-electron chi connectivity index (χ3n) is 1.53. The summed E-state index contributed by atoms with van der Waals surface area (Å²) < 4.78 is 42.1. The lowest BCUT2D eigenvalue weighted by Crippen LogP contribution is -2.09. The molecule has 0 aliphatic carbocycles. The average Bonchev–Trinajstić information content (AvgIpc) is 2.14. The van der Waals surface area contributed by atoms with Gasteiger partial charge in [-0.1, -0.05) is 28.1 Å². The molecule has 0 saturated carbocycles. The highest BCUT2D eigenvalue weighted by molar-refractivity contribution is 9.09. The zero-order chi connectivity index (χ0) is 10.6. The minimum atomic E-state index is -4.36. The van der Waals surface area contributed by atoms with Crippen molar-refractivity contribution in [2.75, 3.05) is 11.9 Å². The van der Waals surface area contributed by atoms with Crippen molar-refractivity contribution in [2.45, 2.75) is 6.18 Å². The summed E-state index contributed by atoms with van der Waals surface area (Å²) >= 11 is 3.08. The second kappa shape index (κ2) is 4.68. The van der Waals surface area contributed by atoms with E-state index >= 15 is 0 Å². The number of para-hydroxylation sites is 1. The molecule has 1 rings (SSSR count). The highest BCUT2D eigenvalue weighted by Crippen LogP contribution is 2.35. The van der Waals surface area contributed by atoms with Crippen LogP contribution in [0.1, 0.15) is 5.56 Å². The minimum Gasteiger partial charge on any atom is -0.492 e. The van der Waals surface area contributed by atoms with Gasteiger partial charge < -0.3 is 4.74 Å². The van der Waals surface area contributed by atoms with Gasteiger partial charge in [0.05, 0.1) is 12.2 Å². The molecular formula is C9H8BrF3O. The molecule has 0 fully saturated rings. The Morgan fingerprint density at radius 3 is 2.43 bits per heavy atom. The Hall–Kier alpha value is -0.710. The Morgan fingerprint density at radius 1 is 1.21 bits per heavy atom. The summed E-state index contributed by atoms with van der Waals surface area (Å²) in [4.78, 5) is 0. The Morgan fingerprint density at radius 2 is 1.86 bits per heavy atom. The zero-order valence-corrected chi connectivity index (χ0v) is 8.73. The lowest BCUT2D eigenvalue weighted by molar-refractivity contribution is -0.138. The maximum absolute atomic E-state index is 12.4. The van der Waals surface area contributed by atoms with Crippen LogP contribution in [0.15, 0.2) is 24.3 Å². The summed E-state index contributed by atoms with van der Waals surface area (Å²) in [6.45, 7) is 0.215. The van der Waals surface area contributed by atoms with Gasteiger partial charge in [0, 0.05) is 5.33 Å². The van der Waals surface area contributed by atoms with E-state index in [4.69, 9.17) is 4.74 Å². The largest absolute Gasteiger partial charge is 0.492 e. The summed E-state index contributed by atoms with van der Waals surface area (Å²) in [5.74, 6) is -0.126. The normalized spacial score (nSPS) is 11.4. The summed E-state index contributed by atoms with van der Waals surface area (Å²) in [5, 5.41) is 0.499. The van der Waals surface area contributed by atoms with E-state index in [1.807, 2.05) is 0 Å². The molecule has 5 heteroatoms. The van der Waals surface area contributed by atoms with Gasteiger partial charge in [-0.2, -0.15) is 13.2 Å². The Kier molecular flexibility index (Phi) is 3.80. The SMILES string of the molecule is FC(F)(F)c1ccccc1OCCBr. The van der Waals surface area contributed by atoms with E-state index in [0.29, 0.717) is 5.33 Å². The van der Waals surface area contributed by atoms with Gasteiger partial charge in [0.25, 0.3) is 0 Å². The van der Waals surface area contributed by atoms with Crippen molar-refractivity contribution >= 4 is 15.9 Å². The lowest BCUT2D eigenvalue weighted by atomic mass is 10.2. The average molecular weight is 269 g/mol. The van der Waals surface area contributed by atoms with Crippen LogP contribution in [0.3, 0.4) is 0 Å². The second-order valence-corrected chi connectivity index (χ2v) is 3.32. The first-order valence-corrected chi connectivity index (χ1v) is 5.03. The smallest absolute Gasteiger partial charge is 0.419 e. The van der Waals surface area contributed by atoms with Gasteiger partial charge in [0.15, 0.2) is 0 Å². The first-order valence-electron chi connectivity index (χ1n) is 3.90. The molecule has 0 aromatic heterocycles. The van der Waals surface area contributed by atoms with Crippen molar-refractivity contribution in [3.63, 3.8) is 0 Å². The van der Waals surface area contributed by atoms with Crippen LogP contribution in [0, 0.1) is 0 Å². The van der Waals surface area contributed by atoms with Crippen molar-refractivity contribution in [1.29, 1.82) is 0 Å². The number of hydrogen-bond acceptors (Lipinski definition) is 1. The van der Waals surface area contributed by atoms with E-state index in [1.54, 1.807) is 0 Å². The summed E-state index contributed by atoms with van der Waals surface area (Å²) in [7, 11) is 0. The first kappa shape index (κ1) is 11.4. The van der Waals surface area contributed by atoms with Crippen LogP contribution in [0.4, 0.5) is 13.2 Å². The lowest BCUT2D eigenvalue weighted by Gasteiger charge is -2.12. The van der Waals surface area contributed by atoms with E-state index in [9.17, 15) is 13.2 Å². The van der Waals surface area contributed by atoms with Crippen LogP contribution in [0.25, 0.3) is 0 Å². The van der Waals surface area contributed by atoms with E-state index in [0.717, 1.165) is 6.07 Å². The predicted octanol–water partition coefficient (Wildman–Crippen LogP) is 3.48. The summed E-state index contributed by atoms with van der Waals surface area (Å²) in [5.41, 5.74) is -0.735. The molecule has 1 aromatic carbocycles. The van der Waals surface area contributed by atoms with Crippen LogP contribution in [0.5, 0.6) is 5.75 Å². The molecule has 0 aliphatic heterocycles. The molecule has 0 spiro atoms. The molecule has 78 valence electrons. The number of ether oxygens (including phenoxy) is 1. The van der Waals surface area contributed by atoms with Crippen LogP contribution < -0.4 is 4.74 Å². The molecule has 0 amide bonds. The number of benzene rings is 1. The van der Waals surface area contributed by atoms with Crippen molar-refractivity contribution < 1.29 is 17.9 Å². The van der Waals surface area contributed by atoms with Gasteiger partial charge in [-0.15, -0.1) is 0 Å². The Labute approximate surface area is 88.0 Å². The third-order valence-corrected chi connectivity index (χ3v) is 1.85. The summed E-state index contributed by atoms with van der Waals surface area (Å²) in [6.07, 6.45) is -4.36. The van der Waals surface area contributed by atoms with Crippen LogP contribution in [-0.4, -0.2) is 11.9 Å². The monoisotopic (exact) mass is 268 g/mol. The Balaban J connectivity index is 2.92. The van der Waals surface area contributed by atoms with Crippen LogP contribution in [0.2, 0.25) is 0 Å². The Bertz CT molecular complexity index is 298. The second-order valence-electron chi connectivity index (χ2n) is 2.53. The van der Waals surface area contributed by atoms with Crippen LogP contribution >= 0.6 is 15.9 Å². The van der Waals surface area contributed by atoms with E-state index in [1.165, 1.54) is 18.2 Å². The van der Waals surface area contributed by atoms with Gasteiger partial charge in [-0.25, -0.2) is 0 Å².